The lowest BCUT2D eigenvalue weighted by molar-refractivity contribution is 0.423. The summed E-state index contributed by atoms with van der Waals surface area (Å²) in [7, 11) is -1.27. The van der Waals surface area contributed by atoms with Gasteiger partial charge in [-0.1, -0.05) is 93.7 Å². The average Bonchev–Trinajstić information content (AvgIpc) is 2.82. The predicted octanol–water partition coefficient (Wildman–Crippen LogP) is 9.78. The topological polar surface area (TPSA) is 32.6 Å². The van der Waals surface area contributed by atoms with Crippen molar-refractivity contribution in [3.8, 4) is 5.75 Å². The van der Waals surface area contributed by atoms with Crippen molar-refractivity contribution >= 4 is 24.5 Å². The minimum Gasteiger partial charge on any atom is -0.507 e. The van der Waals surface area contributed by atoms with E-state index >= 15 is 0 Å². The molecule has 0 spiro atoms. The third-order valence-corrected chi connectivity index (χ3v) is 12.3. The van der Waals surface area contributed by atoms with Crippen LogP contribution in [0.15, 0.2) is 41.4 Å². The molecule has 2 rings (SSSR count). The highest BCUT2D eigenvalue weighted by atomic mass is 31.2. The molecule has 0 heterocycles. The van der Waals surface area contributed by atoms with Gasteiger partial charge in [0.25, 0.3) is 0 Å². The van der Waals surface area contributed by atoms with Gasteiger partial charge in [-0.25, -0.2) is 0 Å². The Morgan fingerprint density at radius 3 is 1.61 bits per heavy atom. The van der Waals surface area contributed by atoms with Crippen LogP contribution < -0.4 is 5.30 Å². The molecule has 0 fully saturated rings. The fourth-order valence-corrected chi connectivity index (χ4v) is 10.3. The molecule has 0 aliphatic heterocycles. The van der Waals surface area contributed by atoms with Crippen molar-refractivity contribution in [2.24, 2.45) is 4.99 Å². The highest BCUT2D eigenvalue weighted by Gasteiger charge is 2.39. The van der Waals surface area contributed by atoms with Gasteiger partial charge in [0.1, 0.15) is 11.1 Å². The molecule has 0 amide bonds. The Hall–Kier alpha value is -1.66. The summed E-state index contributed by atoms with van der Waals surface area (Å²) in [5, 5.41) is 12.7. The van der Waals surface area contributed by atoms with Gasteiger partial charge in [0, 0.05) is 30.2 Å². The molecule has 0 saturated heterocycles. The molecule has 0 bridgehead atoms. The summed E-state index contributed by atoms with van der Waals surface area (Å²) in [5.41, 5.74) is 3.83. The van der Waals surface area contributed by atoms with Crippen LogP contribution in [0.25, 0.3) is 0 Å². The third-order valence-electron chi connectivity index (χ3n) is 7.33. The van der Waals surface area contributed by atoms with Crippen molar-refractivity contribution in [2.45, 2.75) is 112 Å². The molecule has 2 aromatic carbocycles. The first kappa shape index (κ1) is 30.6. The maximum Gasteiger partial charge on any atom is 0.123 e. The molecule has 0 unspecified atom stereocenters. The third kappa shape index (κ3) is 7.92. The van der Waals surface area contributed by atoms with E-state index in [9.17, 15) is 5.11 Å². The zero-order valence-electron chi connectivity index (χ0n) is 24.7. The Labute approximate surface area is 223 Å². The Morgan fingerprint density at radius 2 is 1.19 bits per heavy atom. The van der Waals surface area contributed by atoms with Gasteiger partial charge < -0.3 is 5.11 Å². The number of aromatic hydroxyl groups is 1. The Morgan fingerprint density at radius 1 is 0.750 bits per heavy atom. The molecule has 0 aliphatic rings. The van der Waals surface area contributed by atoms with Crippen molar-refractivity contribution in [3.05, 3.63) is 53.1 Å². The Bertz CT molecular complexity index is 937. The first-order valence-electron chi connectivity index (χ1n) is 14.3. The quantitative estimate of drug-likeness (QED) is 0.224. The summed E-state index contributed by atoms with van der Waals surface area (Å²) in [6.45, 7) is 19.9. The number of nitrogens with zero attached hydrogens (tertiary/aromatic N) is 1. The summed E-state index contributed by atoms with van der Waals surface area (Å²) in [4.78, 5) is 5.06. The highest BCUT2D eigenvalue weighted by Crippen LogP contribution is 2.60. The van der Waals surface area contributed by atoms with Crippen molar-refractivity contribution < 1.29 is 5.11 Å². The van der Waals surface area contributed by atoms with E-state index in [2.05, 4.69) is 105 Å². The fourth-order valence-electron chi connectivity index (χ4n) is 5.09. The highest BCUT2D eigenvalue weighted by molar-refractivity contribution is 7.83. The summed E-state index contributed by atoms with van der Waals surface area (Å²) in [5.74, 6) is 0.415. The van der Waals surface area contributed by atoms with Crippen LogP contribution in [-0.4, -0.2) is 29.8 Å². The molecular formula is C33H53NOP+. The Kier molecular flexibility index (Phi) is 11.2. The van der Waals surface area contributed by atoms with Gasteiger partial charge in [-0.15, -0.1) is 0 Å². The molecule has 2 aromatic rings. The van der Waals surface area contributed by atoms with E-state index in [-0.39, 0.29) is 10.8 Å². The average molecular weight is 511 g/mol. The lowest BCUT2D eigenvalue weighted by Crippen LogP contribution is -2.24. The Balaban J connectivity index is 2.63. The van der Waals surface area contributed by atoms with Crippen LogP contribution in [0, 0.1) is 0 Å². The van der Waals surface area contributed by atoms with Crippen LogP contribution >= 0.6 is 7.26 Å². The second-order valence-corrected chi connectivity index (χ2v) is 16.7. The lowest BCUT2D eigenvalue weighted by atomic mass is 9.79. The molecule has 0 saturated carbocycles. The lowest BCUT2D eigenvalue weighted by Gasteiger charge is -2.29. The number of phenolic OH excluding ortho intramolecular Hbond substituents is 1. The molecule has 36 heavy (non-hydrogen) atoms. The van der Waals surface area contributed by atoms with Crippen LogP contribution in [-0.2, 0) is 10.8 Å². The molecule has 0 aromatic heterocycles. The zero-order valence-corrected chi connectivity index (χ0v) is 25.6. The van der Waals surface area contributed by atoms with Crippen LogP contribution in [0.5, 0.6) is 5.75 Å². The van der Waals surface area contributed by atoms with Gasteiger partial charge in [0.05, 0.1) is 24.2 Å². The molecule has 0 radical (unpaired) electrons. The number of benzene rings is 2. The van der Waals surface area contributed by atoms with Gasteiger partial charge in [-0.3, -0.25) is 4.99 Å². The van der Waals surface area contributed by atoms with Crippen LogP contribution in [0.1, 0.15) is 118 Å². The number of hydrogen-bond donors (Lipinski definition) is 1. The molecule has 200 valence electrons. The van der Waals surface area contributed by atoms with Gasteiger partial charge in [0.15, 0.2) is 0 Å². The summed E-state index contributed by atoms with van der Waals surface area (Å²) >= 11 is 0. The number of hydrogen-bond acceptors (Lipinski definition) is 2. The monoisotopic (exact) mass is 510 g/mol. The maximum absolute atomic E-state index is 11.1. The van der Waals surface area contributed by atoms with E-state index in [0.29, 0.717) is 5.75 Å². The van der Waals surface area contributed by atoms with E-state index in [1.54, 1.807) is 5.30 Å². The van der Waals surface area contributed by atoms with Gasteiger partial charge in [-0.05, 0) is 54.4 Å². The van der Waals surface area contributed by atoms with E-state index in [0.717, 1.165) is 16.8 Å². The van der Waals surface area contributed by atoms with Crippen molar-refractivity contribution in [1.29, 1.82) is 0 Å². The predicted molar refractivity (Wildman–Crippen MR) is 165 cm³/mol. The molecule has 0 atom stereocenters. The standard InChI is InChI=1S/C33H52NOP/c1-10-13-20-36(21-14-11-2,22-15-12-3)30-19-17-16-18-26(30)25-34-27-23-28(32(4,5)6)31(35)29(24-27)33(7,8)9/h16-19,23-25H,10-15,20-22H2,1-9H3/p+1. The van der Waals surface area contributed by atoms with Gasteiger partial charge >= 0.3 is 0 Å². The van der Waals surface area contributed by atoms with Crippen LogP contribution in [0.2, 0.25) is 0 Å². The fraction of sp³-hybridized carbons (Fsp3) is 0.606. The van der Waals surface area contributed by atoms with Crippen LogP contribution in [0.4, 0.5) is 5.69 Å². The summed E-state index contributed by atoms with van der Waals surface area (Å²) < 4.78 is 0. The van der Waals surface area contributed by atoms with Crippen molar-refractivity contribution in [2.75, 3.05) is 18.5 Å². The summed E-state index contributed by atoms with van der Waals surface area (Å²) in [6.07, 6.45) is 13.9. The normalized spacial score (nSPS) is 13.0. The second kappa shape index (κ2) is 13.2. The van der Waals surface area contributed by atoms with Gasteiger partial charge in [0.2, 0.25) is 0 Å². The van der Waals surface area contributed by atoms with E-state index in [1.807, 2.05) is 0 Å². The number of rotatable bonds is 12. The SMILES string of the molecule is CCCC[P+](CCCC)(CCCC)c1ccccc1C=Nc1cc(C(C)(C)C)c(O)c(C(C)(C)C)c1. The summed E-state index contributed by atoms with van der Waals surface area (Å²) in [6, 6.07) is 13.2. The van der Waals surface area contributed by atoms with E-state index in [1.165, 1.54) is 62.6 Å². The van der Waals surface area contributed by atoms with Gasteiger partial charge in [-0.2, -0.15) is 0 Å². The minimum atomic E-state index is -1.27. The largest absolute Gasteiger partial charge is 0.507 e. The number of unbranched alkanes of at least 4 members (excludes halogenated alkanes) is 3. The first-order valence-corrected chi connectivity index (χ1v) is 16.6. The zero-order chi connectivity index (χ0) is 27.0. The first-order chi connectivity index (χ1) is 16.9. The van der Waals surface area contributed by atoms with E-state index < -0.39 is 7.26 Å². The van der Waals surface area contributed by atoms with E-state index in [4.69, 9.17) is 4.99 Å². The molecule has 2 nitrogen and oxygen atoms in total. The van der Waals surface area contributed by atoms with Crippen molar-refractivity contribution in [3.63, 3.8) is 0 Å². The smallest absolute Gasteiger partial charge is 0.123 e. The molecule has 3 heteroatoms. The second-order valence-electron chi connectivity index (χ2n) is 12.6. The number of aliphatic imine (C=N–C) groups is 1. The number of phenols is 1. The van der Waals surface area contributed by atoms with Crippen molar-refractivity contribution in [1.82, 2.24) is 0 Å². The molecule has 1 N–H and O–H groups in total. The molecular weight excluding hydrogens is 457 g/mol. The molecule has 0 aliphatic carbocycles. The maximum atomic E-state index is 11.1. The van der Waals surface area contributed by atoms with Crippen LogP contribution in [0.3, 0.4) is 0 Å². The minimum absolute atomic E-state index is 0.158.